The summed E-state index contributed by atoms with van der Waals surface area (Å²) < 4.78 is 0. The first-order valence-corrected chi connectivity index (χ1v) is 7.60. The number of amides is 1. The normalized spacial score (nSPS) is 20.6. The van der Waals surface area contributed by atoms with Crippen LogP contribution in [0.25, 0.3) is 0 Å². The number of nitrogens with zero attached hydrogens (tertiary/aromatic N) is 2. The zero-order chi connectivity index (χ0) is 15.6. The van der Waals surface area contributed by atoms with Gasteiger partial charge in [-0.15, -0.1) is 0 Å². The van der Waals surface area contributed by atoms with Gasteiger partial charge in [0.1, 0.15) is 0 Å². The fourth-order valence-corrected chi connectivity index (χ4v) is 3.29. The molecule has 1 saturated heterocycles. The molecule has 4 heteroatoms. The lowest BCUT2D eigenvalue weighted by Gasteiger charge is -2.33. The van der Waals surface area contributed by atoms with E-state index in [-0.39, 0.29) is 5.91 Å². The van der Waals surface area contributed by atoms with Crippen molar-refractivity contribution in [1.82, 2.24) is 4.90 Å². The Bertz CT molecular complexity index is 738. The van der Waals surface area contributed by atoms with E-state index in [0.29, 0.717) is 23.6 Å². The third kappa shape index (κ3) is 2.26. The van der Waals surface area contributed by atoms with E-state index in [0.717, 1.165) is 12.0 Å². The Hall–Kier alpha value is -2.31. The van der Waals surface area contributed by atoms with Gasteiger partial charge in [0.15, 0.2) is 5.54 Å². The first kappa shape index (κ1) is 14.6. The Morgan fingerprint density at radius 3 is 2.50 bits per heavy atom. The van der Waals surface area contributed by atoms with Gasteiger partial charge in [-0.3, -0.25) is 4.79 Å². The predicted molar refractivity (Wildman–Crippen MR) is 85.5 cm³/mol. The molecule has 3 nitrogen and oxygen atoms in total. The fraction of sp³-hybridized carbons (Fsp3) is 0.222. The molecule has 1 aliphatic rings. The van der Waals surface area contributed by atoms with Crippen LogP contribution in [0.1, 0.15) is 28.8 Å². The molecule has 0 radical (unpaired) electrons. The molecule has 0 aromatic heterocycles. The summed E-state index contributed by atoms with van der Waals surface area (Å²) in [4.78, 5) is 14.6. The van der Waals surface area contributed by atoms with Crippen LogP contribution in [0.15, 0.2) is 54.6 Å². The zero-order valence-corrected chi connectivity index (χ0v) is 12.8. The Kier molecular flexibility index (Phi) is 3.87. The summed E-state index contributed by atoms with van der Waals surface area (Å²) in [5.74, 6) is -0.187. The molecule has 0 spiro atoms. The molecule has 3 rings (SSSR count). The number of hydrogen-bond acceptors (Lipinski definition) is 2. The van der Waals surface area contributed by atoms with E-state index >= 15 is 0 Å². The van der Waals surface area contributed by atoms with Gasteiger partial charge in [-0.1, -0.05) is 54.1 Å². The summed E-state index contributed by atoms with van der Waals surface area (Å²) in [5, 5.41) is 10.2. The highest BCUT2D eigenvalue weighted by Crippen LogP contribution is 2.39. The first-order chi connectivity index (χ1) is 10.7. The van der Waals surface area contributed by atoms with Crippen LogP contribution in [0.5, 0.6) is 0 Å². The van der Waals surface area contributed by atoms with Crippen LogP contribution in [0.2, 0.25) is 5.02 Å². The third-order valence-electron chi connectivity index (χ3n) is 4.17. The average molecular weight is 311 g/mol. The average Bonchev–Trinajstić information content (AvgIpc) is 3.01. The topological polar surface area (TPSA) is 44.1 Å². The maximum Gasteiger partial charge on any atom is 0.256 e. The number of benzene rings is 2. The van der Waals surface area contributed by atoms with Crippen molar-refractivity contribution in [1.29, 1.82) is 5.26 Å². The van der Waals surface area contributed by atoms with Crippen LogP contribution < -0.4 is 0 Å². The SMILES string of the molecule is N#CC1(c2ccccc2)CCCN1C(=O)c1ccccc1Cl. The smallest absolute Gasteiger partial charge is 0.256 e. The van der Waals surface area contributed by atoms with Crippen LogP contribution in [-0.4, -0.2) is 17.4 Å². The molecule has 1 atom stereocenters. The maximum atomic E-state index is 12.9. The van der Waals surface area contributed by atoms with Crippen molar-refractivity contribution in [3.63, 3.8) is 0 Å². The number of carbonyl (C=O) groups is 1. The van der Waals surface area contributed by atoms with Crippen molar-refractivity contribution in [2.45, 2.75) is 18.4 Å². The molecule has 0 bridgehead atoms. The van der Waals surface area contributed by atoms with E-state index in [4.69, 9.17) is 11.6 Å². The molecule has 2 aromatic rings. The molecule has 1 heterocycles. The van der Waals surface area contributed by atoms with Gasteiger partial charge in [-0.2, -0.15) is 5.26 Å². The molecule has 0 aliphatic carbocycles. The highest BCUT2D eigenvalue weighted by atomic mass is 35.5. The lowest BCUT2D eigenvalue weighted by molar-refractivity contribution is 0.0670. The molecule has 1 amide bonds. The highest BCUT2D eigenvalue weighted by Gasteiger charge is 2.45. The second kappa shape index (κ2) is 5.82. The van der Waals surface area contributed by atoms with E-state index in [2.05, 4.69) is 6.07 Å². The van der Waals surface area contributed by atoms with Gasteiger partial charge < -0.3 is 4.90 Å². The summed E-state index contributed by atoms with van der Waals surface area (Å²) in [6, 6.07) is 18.9. The number of hydrogen-bond donors (Lipinski definition) is 0. The van der Waals surface area contributed by atoms with E-state index in [9.17, 15) is 10.1 Å². The molecule has 2 aromatic carbocycles. The minimum atomic E-state index is -0.905. The fourth-order valence-electron chi connectivity index (χ4n) is 3.07. The van der Waals surface area contributed by atoms with Gasteiger partial charge in [0.2, 0.25) is 0 Å². The van der Waals surface area contributed by atoms with Gasteiger partial charge in [0, 0.05) is 6.54 Å². The predicted octanol–water partition coefficient (Wildman–Crippen LogP) is 4.00. The Morgan fingerprint density at radius 1 is 1.14 bits per heavy atom. The van der Waals surface area contributed by atoms with Crippen LogP contribution in [0, 0.1) is 11.3 Å². The molecule has 1 aliphatic heterocycles. The Morgan fingerprint density at radius 2 is 1.82 bits per heavy atom. The third-order valence-corrected chi connectivity index (χ3v) is 4.50. The second-order valence-corrected chi connectivity index (χ2v) is 5.79. The summed E-state index contributed by atoms with van der Waals surface area (Å²) >= 11 is 6.15. The molecule has 22 heavy (non-hydrogen) atoms. The van der Waals surface area contributed by atoms with Gasteiger partial charge >= 0.3 is 0 Å². The van der Waals surface area contributed by atoms with Gasteiger partial charge in [0.25, 0.3) is 5.91 Å². The van der Waals surface area contributed by atoms with E-state index in [1.54, 1.807) is 29.2 Å². The van der Waals surface area contributed by atoms with Crippen molar-refractivity contribution < 1.29 is 4.79 Å². The standard InChI is InChI=1S/C18H15ClN2O/c19-16-10-5-4-9-15(16)17(22)21-12-6-11-18(21,13-20)14-7-2-1-3-8-14/h1-5,7-10H,6,11-12H2. The molecular weight excluding hydrogens is 296 g/mol. The molecular formula is C18H15ClN2O. The number of nitriles is 1. The lowest BCUT2D eigenvalue weighted by Crippen LogP contribution is -2.44. The van der Waals surface area contributed by atoms with E-state index < -0.39 is 5.54 Å². The molecule has 1 fully saturated rings. The van der Waals surface area contributed by atoms with Gasteiger partial charge in [-0.05, 0) is 30.5 Å². The minimum absolute atomic E-state index is 0.187. The highest BCUT2D eigenvalue weighted by molar-refractivity contribution is 6.33. The lowest BCUT2D eigenvalue weighted by atomic mass is 9.88. The molecule has 110 valence electrons. The Balaban J connectivity index is 2.05. The summed E-state index contributed by atoms with van der Waals surface area (Å²) in [5.41, 5.74) is 0.398. The number of halogens is 1. The van der Waals surface area contributed by atoms with Crippen molar-refractivity contribution in [3.05, 3.63) is 70.7 Å². The van der Waals surface area contributed by atoms with Gasteiger partial charge in [0.05, 0.1) is 16.7 Å². The van der Waals surface area contributed by atoms with Crippen LogP contribution >= 0.6 is 11.6 Å². The van der Waals surface area contributed by atoms with Crippen molar-refractivity contribution in [2.24, 2.45) is 0 Å². The van der Waals surface area contributed by atoms with Crippen molar-refractivity contribution >= 4 is 17.5 Å². The second-order valence-electron chi connectivity index (χ2n) is 5.38. The monoisotopic (exact) mass is 310 g/mol. The molecule has 1 unspecified atom stereocenters. The van der Waals surface area contributed by atoms with Crippen LogP contribution in [0.4, 0.5) is 0 Å². The maximum absolute atomic E-state index is 12.9. The summed E-state index contributed by atoms with van der Waals surface area (Å²) in [6.45, 7) is 0.562. The van der Waals surface area contributed by atoms with Crippen LogP contribution in [-0.2, 0) is 5.54 Å². The van der Waals surface area contributed by atoms with Crippen molar-refractivity contribution in [3.8, 4) is 6.07 Å². The quantitative estimate of drug-likeness (QED) is 0.841. The van der Waals surface area contributed by atoms with E-state index in [1.165, 1.54) is 0 Å². The van der Waals surface area contributed by atoms with Crippen molar-refractivity contribution in [2.75, 3.05) is 6.54 Å². The van der Waals surface area contributed by atoms with Gasteiger partial charge in [-0.25, -0.2) is 0 Å². The Labute approximate surface area is 134 Å². The van der Waals surface area contributed by atoms with Crippen LogP contribution in [0.3, 0.4) is 0 Å². The minimum Gasteiger partial charge on any atom is -0.316 e. The van der Waals surface area contributed by atoms with E-state index in [1.807, 2.05) is 30.3 Å². The molecule has 0 N–H and O–H groups in total. The number of rotatable bonds is 2. The number of carbonyl (C=O) groups excluding carboxylic acids is 1. The number of likely N-dealkylation sites (tertiary alicyclic amines) is 1. The molecule has 0 saturated carbocycles. The summed E-state index contributed by atoms with van der Waals surface area (Å²) in [6.07, 6.45) is 1.45. The first-order valence-electron chi connectivity index (χ1n) is 7.22. The summed E-state index contributed by atoms with van der Waals surface area (Å²) in [7, 11) is 0. The largest absolute Gasteiger partial charge is 0.316 e. The zero-order valence-electron chi connectivity index (χ0n) is 12.0.